The molecule has 0 saturated carbocycles. The fraction of sp³-hybridized carbons (Fsp3) is 0.0889. The lowest BCUT2D eigenvalue weighted by Gasteiger charge is -2.27. The molecule has 1 aromatic heterocycles. The van der Waals surface area contributed by atoms with Crippen molar-refractivity contribution in [2.24, 2.45) is 0 Å². The van der Waals surface area contributed by atoms with Gasteiger partial charge in [-0.1, -0.05) is 115 Å². The van der Waals surface area contributed by atoms with Gasteiger partial charge in [0.25, 0.3) is 0 Å². The molecule has 1 nitrogen and oxygen atoms in total. The Labute approximate surface area is 267 Å². The van der Waals surface area contributed by atoms with Gasteiger partial charge in [0, 0.05) is 17.1 Å². The van der Waals surface area contributed by atoms with E-state index in [0.717, 1.165) is 31.2 Å². The Kier molecular flexibility index (Phi) is 4.85. The van der Waals surface area contributed by atoms with Crippen molar-refractivity contribution in [1.82, 2.24) is 4.98 Å². The standard InChI is InChI=1S/C45H29N/c1-2-11-33-32(10-1)43(36-23-19-30-15-13-26-6-3-8-28-17-21-34(36)41(30)39(26)28)38-12-5-25-46-45(38)44(33)37-24-20-31-16-14-27-7-4-9-29-18-22-35(37)42(31)40(27)29/h1-7,10-20,23-25H,8-9,21-22H2. The number of allylic oxidation sites excluding steroid dienone is 6. The molecule has 7 aromatic rings. The van der Waals surface area contributed by atoms with E-state index < -0.39 is 0 Å². The lowest BCUT2D eigenvalue weighted by molar-refractivity contribution is 1.23. The van der Waals surface area contributed by atoms with E-state index in [1.165, 1.54) is 104 Å². The predicted molar refractivity (Wildman–Crippen MR) is 196 cm³/mol. The Balaban J connectivity index is 1.26. The molecule has 0 saturated heterocycles. The highest BCUT2D eigenvalue weighted by molar-refractivity contribution is 6.22. The van der Waals surface area contributed by atoms with Crippen LogP contribution in [0.25, 0.3) is 88.8 Å². The van der Waals surface area contributed by atoms with E-state index in [9.17, 15) is 0 Å². The molecule has 0 aliphatic heterocycles. The van der Waals surface area contributed by atoms with Crippen LogP contribution in [0, 0.1) is 0 Å². The van der Waals surface area contributed by atoms with Crippen LogP contribution < -0.4 is 0 Å². The maximum Gasteiger partial charge on any atom is 0.0793 e. The second kappa shape index (κ2) is 9.02. The topological polar surface area (TPSA) is 12.9 Å². The summed E-state index contributed by atoms with van der Waals surface area (Å²) < 4.78 is 0. The average molecular weight is 584 g/mol. The molecule has 0 spiro atoms. The number of nitrogens with zero attached hydrogens (tertiary/aromatic N) is 1. The van der Waals surface area contributed by atoms with Gasteiger partial charge in [0.15, 0.2) is 0 Å². The first-order chi connectivity index (χ1) is 22.8. The lowest BCUT2D eigenvalue weighted by Crippen LogP contribution is -2.06. The second-order valence-corrected chi connectivity index (χ2v) is 13.2. The first-order valence-electron chi connectivity index (χ1n) is 16.5. The van der Waals surface area contributed by atoms with Gasteiger partial charge in [0.2, 0.25) is 0 Å². The van der Waals surface area contributed by atoms with E-state index in [2.05, 4.69) is 121 Å². The zero-order valence-corrected chi connectivity index (χ0v) is 25.4. The molecule has 0 atom stereocenters. The molecular weight excluding hydrogens is 555 g/mol. The fourth-order valence-corrected chi connectivity index (χ4v) is 9.09. The summed E-state index contributed by atoms with van der Waals surface area (Å²) in [7, 11) is 0. The summed E-state index contributed by atoms with van der Waals surface area (Å²) >= 11 is 0. The Bertz CT molecular complexity index is 2430. The summed E-state index contributed by atoms with van der Waals surface area (Å²) in [4.78, 5) is 5.20. The summed E-state index contributed by atoms with van der Waals surface area (Å²) in [5.41, 5.74) is 17.7. The minimum absolute atomic E-state index is 0.944. The van der Waals surface area contributed by atoms with Crippen LogP contribution >= 0.6 is 0 Å². The summed E-state index contributed by atoms with van der Waals surface area (Å²) in [5.74, 6) is 0. The Morgan fingerprint density at radius 3 is 1.63 bits per heavy atom. The molecule has 6 aromatic carbocycles. The van der Waals surface area contributed by atoms with E-state index in [-0.39, 0.29) is 0 Å². The van der Waals surface area contributed by atoms with Gasteiger partial charge in [-0.2, -0.15) is 0 Å². The maximum absolute atomic E-state index is 5.20. The van der Waals surface area contributed by atoms with Gasteiger partial charge in [-0.3, -0.25) is 4.98 Å². The first kappa shape index (κ1) is 24.8. The molecule has 0 unspecified atom stereocenters. The highest BCUT2D eigenvalue weighted by atomic mass is 14.7. The summed E-state index contributed by atoms with van der Waals surface area (Å²) in [6.07, 6.45) is 20.1. The van der Waals surface area contributed by atoms with Crippen LogP contribution in [-0.4, -0.2) is 4.98 Å². The van der Waals surface area contributed by atoms with E-state index in [4.69, 9.17) is 4.98 Å². The molecule has 1 heteroatoms. The van der Waals surface area contributed by atoms with E-state index >= 15 is 0 Å². The number of hydrogen-bond donors (Lipinski definition) is 0. The van der Waals surface area contributed by atoms with Gasteiger partial charge < -0.3 is 0 Å². The molecule has 0 amide bonds. The van der Waals surface area contributed by atoms with E-state index in [0.29, 0.717) is 0 Å². The Morgan fingerprint density at radius 2 is 1.00 bits per heavy atom. The Hall–Kier alpha value is -5.53. The first-order valence-corrected chi connectivity index (χ1v) is 16.5. The van der Waals surface area contributed by atoms with Gasteiger partial charge >= 0.3 is 0 Å². The van der Waals surface area contributed by atoms with Crippen LogP contribution in [0.3, 0.4) is 0 Å². The van der Waals surface area contributed by atoms with Crippen molar-refractivity contribution in [3.8, 4) is 22.3 Å². The van der Waals surface area contributed by atoms with Crippen molar-refractivity contribution in [2.45, 2.75) is 25.7 Å². The molecule has 0 N–H and O–H groups in total. The van der Waals surface area contributed by atoms with Crippen LogP contribution in [0.5, 0.6) is 0 Å². The zero-order chi connectivity index (χ0) is 29.9. The van der Waals surface area contributed by atoms with Crippen LogP contribution in [0.4, 0.5) is 0 Å². The van der Waals surface area contributed by atoms with Crippen molar-refractivity contribution in [3.63, 3.8) is 0 Å². The monoisotopic (exact) mass is 583 g/mol. The number of aromatic nitrogens is 1. The van der Waals surface area contributed by atoms with Crippen LogP contribution in [0.2, 0.25) is 0 Å². The molecule has 0 bridgehead atoms. The Morgan fingerprint density at radius 1 is 0.457 bits per heavy atom. The number of hydrogen-bond acceptors (Lipinski definition) is 1. The molecule has 0 fully saturated rings. The van der Waals surface area contributed by atoms with Gasteiger partial charge in [-0.05, 0) is 125 Å². The average Bonchev–Trinajstić information content (AvgIpc) is 3.12. The van der Waals surface area contributed by atoms with Crippen molar-refractivity contribution >= 4 is 66.5 Å². The van der Waals surface area contributed by atoms with Crippen LogP contribution in [0.15, 0.2) is 115 Å². The molecule has 4 aliphatic rings. The van der Waals surface area contributed by atoms with Crippen molar-refractivity contribution < 1.29 is 0 Å². The smallest absolute Gasteiger partial charge is 0.0793 e. The van der Waals surface area contributed by atoms with Crippen molar-refractivity contribution in [1.29, 1.82) is 0 Å². The minimum atomic E-state index is 0.944. The highest BCUT2D eigenvalue weighted by Crippen LogP contribution is 2.50. The SMILES string of the molecule is C1=Cc2ccc3ccc(-c4c5ccccc5c(-c5ccc6ccc7c8c6c5CC=C8CC=C7)c5ncccc45)c4c3c2C(=CC4)C1. The molecule has 214 valence electrons. The van der Waals surface area contributed by atoms with Gasteiger partial charge in [0.05, 0.1) is 5.52 Å². The van der Waals surface area contributed by atoms with E-state index in [1.54, 1.807) is 0 Å². The largest absolute Gasteiger partial charge is 0.256 e. The predicted octanol–water partition coefficient (Wildman–Crippen LogP) is 11.7. The lowest BCUT2D eigenvalue weighted by atomic mass is 9.77. The fourth-order valence-electron chi connectivity index (χ4n) is 9.09. The van der Waals surface area contributed by atoms with Crippen LogP contribution in [0.1, 0.15) is 46.2 Å². The molecule has 1 heterocycles. The normalized spacial score (nSPS) is 15.6. The van der Waals surface area contributed by atoms with Crippen LogP contribution in [-0.2, 0) is 12.8 Å². The quantitative estimate of drug-likeness (QED) is 0.185. The molecule has 0 radical (unpaired) electrons. The van der Waals surface area contributed by atoms with Gasteiger partial charge in [0.1, 0.15) is 0 Å². The summed E-state index contributed by atoms with van der Waals surface area (Å²) in [5, 5.41) is 9.32. The molecule has 4 aliphatic carbocycles. The third-order valence-corrected chi connectivity index (χ3v) is 11.0. The number of rotatable bonds is 2. The van der Waals surface area contributed by atoms with Gasteiger partial charge in [-0.15, -0.1) is 0 Å². The number of pyridine rings is 1. The van der Waals surface area contributed by atoms with E-state index in [1.807, 2.05) is 6.20 Å². The summed E-state index contributed by atoms with van der Waals surface area (Å²) in [6, 6.07) is 32.1. The number of fused-ring (bicyclic) bond motifs is 2. The molecular formula is C45H29N. The minimum Gasteiger partial charge on any atom is -0.256 e. The number of benzene rings is 6. The zero-order valence-electron chi connectivity index (χ0n) is 25.4. The van der Waals surface area contributed by atoms with Gasteiger partial charge in [-0.25, -0.2) is 0 Å². The third kappa shape index (κ3) is 3.17. The second-order valence-electron chi connectivity index (χ2n) is 13.2. The highest BCUT2D eigenvalue weighted by Gasteiger charge is 2.27. The van der Waals surface area contributed by atoms with Crippen molar-refractivity contribution in [2.75, 3.05) is 0 Å². The molecule has 11 rings (SSSR count). The molecule has 46 heavy (non-hydrogen) atoms. The summed E-state index contributed by atoms with van der Waals surface area (Å²) in [6.45, 7) is 0. The third-order valence-electron chi connectivity index (χ3n) is 11.0. The van der Waals surface area contributed by atoms with Crippen molar-refractivity contribution in [3.05, 3.63) is 149 Å². The maximum atomic E-state index is 5.20.